The molecule has 1 aliphatic heterocycles. The molecule has 104 valence electrons. The molecule has 0 amide bonds. The topological polar surface area (TPSA) is 33.5 Å². The molecule has 2 fully saturated rings. The summed E-state index contributed by atoms with van der Waals surface area (Å²) in [6.07, 6.45) is 4.60. The van der Waals surface area contributed by atoms with Crippen LogP contribution >= 0.6 is 0 Å². The Hall–Kier alpha value is -1.25. The second kappa shape index (κ2) is 4.39. The Morgan fingerprint density at radius 3 is 2.47 bits per heavy atom. The molecular weight excluding hydrogens is 238 g/mol. The molecule has 3 heteroatoms. The third-order valence-corrected chi connectivity index (χ3v) is 4.48. The maximum Gasteiger partial charge on any atom is 0.202 e. The van der Waals surface area contributed by atoms with Gasteiger partial charge in [0.15, 0.2) is 5.43 Å². The first kappa shape index (κ1) is 12.8. The van der Waals surface area contributed by atoms with Gasteiger partial charge >= 0.3 is 0 Å². The minimum atomic E-state index is 0.172. The molecule has 19 heavy (non-hydrogen) atoms. The molecule has 0 aromatic carbocycles. The van der Waals surface area contributed by atoms with Gasteiger partial charge in [0.1, 0.15) is 5.76 Å². The third kappa shape index (κ3) is 2.56. The Labute approximate surface area is 114 Å². The Bertz CT molecular complexity index is 530. The lowest BCUT2D eigenvalue weighted by atomic mass is 9.82. The average Bonchev–Trinajstić information content (AvgIpc) is 3.12. The monoisotopic (exact) mass is 261 g/mol. The van der Waals surface area contributed by atoms with Crippen LogP contribution in [0.5, 0.6) is 0 Å². The fourth-order valence-corrected chi connectivity index (χ4v) is 2.90. The summed E-state index contributed by atoms with van der Waals surface area (Å²) in [5.74, 6) is 2.04. The molecule has 0 unspecified atom stereocenters. The first-order valence-electron chi connectivity index (χ1n) is 7.36. The van der Waals surface area contributed by atoms with Gasteiger partial charge in [0.2, 0.25) is 5.88 Å². The summed E-state index contributed by atoms with van der Waals surface area (Å²) in [5, 5.41) is 0. The molecule has 1 saturated carbocycles. The number of piperidine rings is 1. The minimum absolute atomic E-state index is 0.172. The first-order chi connectivity index (χ1) is 8.96. The molecule has 2 heterocycles. The van der Waals surface area contributed by atoms with E-state index in [9.17, 15) is 4.79 Å². The highest BCUT2D eigenvalue weighted by Crippen LogP contribution is 2.44. The maximum absolute atomic E-state index is 12.2. The van der Waals surface area contributed by atoms with E-state index in [1.165, 1.54) is 0 Å². The van der Waals surface area contributed by atoms with E-state index >= 15 is 0 Å². The zero-order chi connectivity index (χ0) is 13.6. The predicted octanol–water partition coefficient (Wildman–Crippen LogP) is 3.45. The smallest absolute Gasteiger partial charge is 0.202 e. The van der Waals surface area contributed by atoms with Crippen molar-refractivity contribution in [3.8, 4) is 0 Å². The fourth-order valence-electron chi connectivity index (χ4n) is 2.90. The van der Waals surface area contributed by atoms with Crippen LogP contribution in [-0.4, -0.2) is 13.1 Å². The van der Waals surface area contributed by atoms with Gasteiger partial charge in [-0.05, 0) is 43.9 Å². The Morgan fingerprint density at radius 1 is 1.26 bits per heavy atom. The summed E-state index contributed by atoms with van der Waals surface area (Å²) in [4.78, 5) is 14.5. The molecule has 1 aromatic rings. The van der Waals surface area contributed by atoms with Crippen molar-refractivity contribution in [2.24, 2.45) is 5.41 Å². The van der Waals surface area contributed by atoms with E-state index < -0.39 is 0 Å². The van der Waals surface area contributed by atoms with E-state index in [0.717, 1.165) is 56.0 Å². The van der Waals surface area contributed by atoms with Gasteiger partial charge in [0.25, 0.3) is 0 Å². The number of aryl methyl sites for hydroxylation is 1. The van der Waals surface area contributed by atoms with Crippen LogP contribution in [0.4, 0.5) is 5.88 Å². The predicted molar refractivity (Wildman–Crippen MR) is 76.9 cm³/mol. The molecule has 1 saturated heterocycles. The molecule has 1 aliphatic carbocycles. The first-order valence-corrected chi connectivity index (χ1v) is 7.36. The largest absolute Gasteiger partial charge is 0.445 e. The maximum atomic E-state index is 12.2. The summed E-state index contributed by atoms with van der Waals surface area (Å²) in [6, 6.07) is 1.64. The van der Waals surface area contributed by atoms with Crippen LogP contribution in [0.25, 0.3) is 0 Å². The second-order valence-electron chi connectivity index (χ2n) is 6.87. The number of anilines is 1. The van der Waals surface area contributed by atoms with E-state index in [0.29, 0.717) is 11.3 Å². The van der Waals surface area contributed by atoms with Gasteiger partial charge in [0, 0.05) is 19.2 Å². The van der Waals surface area contributed by atoms with E-state index in [1.807, 2.05) is 6.92 Å². The SMILES string of the molecule is Cc1cc(=O)c(C2CC2)c(N2CCC(C)(C)CC2)o1. The molecule has 0 spiro atoms. The van der Waals surface area contributed by atoms with Crippen molar-refractivity contribution in [2.45, 2.75) is 52.4 Å². The van der Waals surface area contributed by atoms with Crippen LogP contribution in [0.2, 0.25) is 0 Å². The van der Waals surface area contributed by atoms with Crippen molar-refractivity contribution in [3.63, 3.8) is 0 Å². The van der Waals surface area contributed by atoms with Crippen molar-refractivity contribution >= 4 is 5.88 Å². The standard InChI is InChI=1S/C16H23NO2/c1-11-10-13(18)14(12-4-5-12)15(19-11)17-8-6-16(2,3)7-9-17/h10,12H,4-9H2,1-3H3. The summed E-state index contributed by atoms with van der Waals surface area (Å²) >= 11 is 0. The van der Waals surface area contributed by atoms with Gasteiger partial charge in [-0.2, -0.15) is 0 Å². The van der Waals surface area contributed by atoms with Crippen molar-refractivity contribution in [1.82, 2.24) is 0 Å². The van der Waals surface area contributed by atoms with Crippen molar-refractivity contribution in [2.75, 3.05) is 18.0 Å². The highest BCUT2D eigenvalue weighted by atomic mass is 16.4. The molecule has 3 nitrogen and oxygen atoms in total. The zero-order valence-corrected chi connectivity index (χ0v) is 12.2. The number of hydrogen-bond acceptors (Lipinski definition) is 3. The highest BCUT2D eigenvalue weighted by Gasteiger charge is 2.34. The summed E-state index contributed by atoms with van der Waals surface area (Å²) in [7, 11) is 0. The van der Waals surface area contributed by atoms with E-state index in [4.69, 9.17) is 4.42 Å². The fraction of sp³-hybridized carbons (Fsp3) is 0.688. The second-order valence-corrected chi connectivity index (χ2v) is 6.87. The Morgan fingerprint density at radius 2 is 1.89 bits per heavy atom. The minimum Gasteiger partial charge on any atom is -0.445 e. The lowest BCUT2D eigenvalue weighted by molar-refractivity contribution is 0.272. The summed E-state index contributed by atoms with van der Waals surface area (Å²) in [5.41, 5.74) is 1.52. The molecule has 0 atom stereocenters. The Balaban J connectivity index is 1.94. The van der Waals surface area contributed by atoms with Gasteiger partial charge in [-0.15, -0.1) is 0 Å². The Kier molecular flexibility index (Phi) is 2.95. The van der Waals surface area contributed by atoms with Crippen LogP contribution in [0.15, 0.2) is 15.3 Å². The van der Waals surface area contributed by atoms with Gasteiger partial charge in [-0.25, -0.2) is 0 Å². The normalized spacial score (nSPS) is 22.6. The van der Waals surface area contributed by atoms with Gasteiger partial charge in [-0.3, -0.25) is 4.79 Å². The summed E-state index contributed by atoms with van der Waals surface area (Å²) < 4.78 is 5.92. The molecule has 0 radical (unpaired) electrons. The van der Waals surface area contributed by atoms with E-state index in [2.05, 4.69) is 18.7 Å². The van der Waals surface area contributed by atoms with E-state index in [-0.39, 0.29) is 5.43 Å². The van der Waals surface area contributed by atoms with Crippen LogP contribution in [0.1, 0.15) is 56.8 Å². The zero-order valence-electron chi connectivity index (χ0n) is 12.2. The van der Waals surface area contributed by atoms with E-state index in [1.54, 1.807) is 6.07 Å². The number of rotatable bonds is 2. The van der Waals surface area contributed by atoms with Gasteiger partial charge in [-0.1, -0.05) is 13.8 Å². The molecule has 0 bridgehead atoms. The van der Waals surface area contributed by atoms with Gasteiger partial charge < -0.3 is 9.32 Å². The molecule has 1 aromatic heterocycles. The van der Waals surface area contributed by atoms with Crippen LogP contribution in [0.3, 0.4) is 0 Å². The quantitative estimate of drug-likeness (QED) is 0.817. The summed E-state index contributed by atoms with van der Waals surface area (Å²) in [6.45, 7) is 8.50. The molecule has 3 rings (SSSR count). The van der Waals surface area contributed by atoms with Gasteiger partial charge in [0.05, 0.1) is 5.56 Å². The van der Waals surface area contributed by atoms with Crippen molar-refractivity contribution in [3.05, 3.63) is 27.6 Å². The molecular formula is C16H23NO2. The molecule has 2 aliphatic rings. The highest BCUT2D eigenvalue weighted by molar-refractivity contribution is 5.48. The lowest BCUT2D eigenvalue weighted by Gasteiger charge is -2.37. The molecule has 0 N–H and O–H groups in total. The average molecular weight is 261 g/mol. The van der Waals surface area contributed by atoms with Crippen molar-refractivity contribution < 1.29 is 4.42 Å². The van der Waals surface area contributed by atoms with Crippen LogP contribution < -0.4 is 10.3 Å². The van der Waals surface area contributed by atoms with Crippen LogP contribution in [0, 0.1) is 12.3 Å². The number of nitrogens with zero attached hydrogens (tertiary/aromatic N) is 1. The number of hydrogen-bond donors (Lipinski definition) is 0. The van der Waals surface area contributed by atoms with Crippen LogP contribution in [-0.2, 0) is 0 Å². The third-order valence-electron chi connectivity index (χ3n) is 4.48. The lowest BCUT2D eigenvalue weighted by Crippen LogP contribution is -2.38. The van der Waals surface area contributed by atoms with Crippen molar-refractivity contribution in [1.29, 1.82) is 0 Å².